The van der Waals surface area contributed by atoms with Crippen molar-refractivity contribution in [1.82, 2.24) is 0 Å². The van der Waals surface area contributed by atoms with E-state index in [4.69, 9.17) is 5.11 Å². The third kappa shape index (κ3) is 2.04. The van der Waals surface area contributed by atoms with Gasteiger partial charge in [-0.1, -0.05) is 12.1 Å². The highest BCUT2D eigenvalue weighted by Gasteiger charge is 2.17. The number of Topliss-reactive ketones (excluding diaryl/α,β-unsaturated/α-hetero) is 1. The van der Waals surface area contributed by atoms with E-state index in [1.807, 2.05) is 6.07 Å². The molecule has 4 heteroatoms. The van der Waals surface area contributed by atoms with Crippen LogP contribution in [0.3, 0.4) is 0 Å². The van der Waals surface area contributed by atoms with Crippen molar-refractivity contribution in [3.8, 4) is 0 Å². The van der Waals surface area contributed by atoms with E-state index in [1.165, 1.54) is 5.56 Å². The van der Waals surface area contributed by atoms with Crippen LogP contribution in [0.25, 0.3) is 0 Å². The highest BCUT2D eigenvalue weighted by Crippen LogP contribution is 2.30. The molecular weight excluding hydrogens is 212 g/mol. The van der Waals surface area contributed by atoms with E-state index in [-0.39, 0.29) is 5.56 Å². The predicted octanol–water partition coefficient (Wildman–Crippen LogP) is 1.99. The minimum absolute atomic E-state index is 0.274. The largest absolute Gasteiger partial charge is 0.475 e. The van der Waals surface area contributed by atoms with Gasteiger partial charge in [0.2, 0.25) is 0 Å². The fourth-order valence-corrected chi connectivity index (χ4v) is 2.68. The third-order valence-corrected chi connectivity index (χ3v) is 3.56. The van der Waals surface area contributed by atoms with Crippen molar-refractivity contribution >= 4 is 23.5 Å². The second kappa shape index (κ2) is 4.06. The molecular formula is C11H10O3S. The number of carbonyl (C=O) groups is 2. The van der Waals surface area contributed by atoms with Crippen LogP contribution in [0.1, 0.15) is 22.3 Å². The lowest BCUT2D eigenvalue weighted by atomic mass is 10.0. The molecule has 1 aliphatic heterocycles. The summed E-state index contributed by atoms with van der Waals surface area (Å²) in [5, 5.41) is 8.58. The van der Waals surface area contributed by atoms with E-state index in [2.05, 4.69) is 0 Å². The topological polar surface area (TPSA) is 54.4 Å². The number of benzene rings is 1. The van der Waals surface area contributed by atoms with Gasteiger partial charge in [0.1, 0.15) is 0 Å². The maximum Gasteiger partial charge on any atom is 0.377 e. The molecule has 1 N–H and O–H groups in total. The van der Waals surface area contributed by atoms with Crippen molar-refractivity contribution in [3.05, 3.63) is 29.3 Å². The van der Waals surface area contributed by atoms with Crippen LogP contribution < -0.4 is 0 Å². The molecule has 0 bridgehead atoms. The van der Waals surface area contributed by atoms with Crippen LogP contribution in [0, 0.1) is 0 Å². The standard InChI is InChI=1S/C11H10O3S/c12-10(11(13)14)8-4-3-7-2-1-5-15-9(7)6-8/h3-4,6H,1-2,5H2,(H,13,14). The molecule has 3 nitrogen and oxygen atoms in total. The summed E-state index contributed by atoms with van der Waals surface area (Å²) in [4.78, 5) is 22.8. The lowest BCUT2D eigenvalue weighted by molar-refractivity contribution is -0.131. The van der Waals surface area contributed by atoms with Crippen molar-refractivity contribution < 1.29 is 14.7 Å². The quantitative estimate of drug-likeness (QED) is 0.614. The SMILES string of the molecule is O=C(O)C(=O)c1ccc2c(c1)SCCC2. The molecule has 0 aromatic heterocycles. The Morgan fingerprint density at radius 3 is 2.87 bits per heavy atom. The summed E-state index contributed by atoms with van der Waals surface area (Å²) in [5.41, 5.74) is 1.49. The lowest BCUT2D eigenvalue weighted by Gasteiger charge is -2.15. The molecule has 0 spiro atoms. The van der Waals surface area contributed by atoms with E-state index >= 15 is 0 Å². The van der Waals surface area contributed by atoms with Gasteiger partial charge in [-0.3, -0.25) is 4.79 Å². The first kappa shape index (κ1) is 10.2. The molecule has 2 rings (SSSR count). The minimum Gasteiger partial charge on any atom is -0.475 e. The van der Waals surface area contributed by atoms with Gasteiger partial charge in [0, 0.05) is 10.5 Å². The van der Waals surface area contributed by atoms with Crippen LogP contribution in [0.15, 0.2) is 23.1 Å². The summed E-state index contributed by atoms with van der Waals surface area (Å²) in [6.07, 6.45) is 2.16. The monoisotopic (exact) mass is 222 g/mol. The van der Waals surface area contributed by atoms with Gasteiger partial charge in [-0.25, -0.2) is 4.79 Å². The summed E-state index contributed by atoms with van der Waals surface area (Å²) in [7, 11) is 0. The fourth-order valence-electron chi connectivity index (χ4n) is 1.60. The summed E-state index contributed by atoms with van der Waals surface area (Å²) in [6.45, 7) is 0. The zero-order valence-electron chi connectivity index (χ0n) is 8.03. The highest BCUT2D eigenvalue weighted by molar-refractivity contribution is 7.99. The second-order valence-corrected chi connectivity index (χ2v) is 4.55. The number of ketones is 1. The lowest BCUT2D eigenvalue weighted by Crippen LogP contribution is -2.13. The van der Waals surface area contributed by atoms with Crippen molar-refractivity contribution in [1.29, 1.82) is 0 Å². The van der Waals surface area contributed by atoms with E-state index in [1.54, 1.807) is 23.9 Å². The number of aryl methyl sites for hydroxylation is 1. The molecule has 15 heavy (non-hydrogen) atoms. The highest BCUT2D eigenvalue weighted by atomic mass is 32.2. The number of carboxylic acid groups (broad SMARTS) is 1. The number of carboxylic acids is 1. The van der Waals surface area contributed by atoms with E-state index < -0.39 is 11.8 Å². The molecule has 0 saturated heterocycles. The molecule has 0 atom stereocenters. The van der Waals surface area contributed by atoms with Crippen molar-refractivity contribution in [2.45, 2.75) is 17.7 Å². The predicted molar refractivity (Wildman–Crippen MR) is 57.5 cm³/mol. The molecule has 0 unspecified atom stereocenters. The summed E-state index contributed by atoms with van der Waals surface area (Å²) >= 11 is 1.69. The first-order valence-electron chi connectivity index (χ1n) is 4.72. The van der Waals surface area contributed by atoms with E-state index in [9.17, 15) is 9.59 Å². The normalized spacial score (nSPS) is 14.4. The van der Waals surface area contributed by atoms with Crippen molar-refractivity contribution in [2.75, 3.05) is 5.75 Å². The molecule has 1 aromatic carbocycles. The Morgan fingerprint density at radius 1 is 1.33 bits per heavy atom. The molecule has 0 radical (unpaired) electrons. The number of carbonyl (C=O) groups excluding carboxylic acids is 1. The van der Waals surface area contributed by atoms with Gasteiger partial charge >= 0.3 is 5.97 Å². The van der Waals surface area contributed by atoms with Crippen molar-refractivity contribution in [2.24, 2.45) is 0 Å². The van der Waals surface area contributed by atoms with Gasteiger partial charge in [-0.2, -0.15) is 0 Å². The van der Waals surface area contributed by atoms with E-state index in [0.717, 1.165) is 23.5 Å². The molecule has 1 heterocycles. The Labute approximate surface area is 91.5 Å². The van der Waals surface area contributed by atoms with Crippen LogP contribution >= 0.6 is 11.8 Å². The number of fused-ring (bicyclic) bond motifs is 1. The minimum atomic E-state index is -1.39. The summed E-state index contributed by atoms with van der Waals surface area (Å²) in [5.74, 6) is -1.18. The van der Waals surface area contributed by atoms with E-state index in [0.29, 0.717) is 0 Å². The first-order chi connectivity index (χ1) is 7.18. The fraction of sp³-hybridized carbons (Fsp3) is 0.273. The molecule has 1 aromatic rings. The number of rotatable bonds is 2. The average molecular weight is 222 g/mol. The Morgan fingerprint density at radius 2 is 2.13 bits per heavy atom. The van der Waals surface area contributed by atoms with Gasteiger partial charge in [-0.15, -0.1) is 11.8 Å². The molecule has 78 valence electrons. The van der Waals surface area contributed by atoms with Gasteiger partial charge in [-0.05, 0) is 30.2 Å². The van der Waals surface area contributed by atoms with Crippen LogP contribution in [0.2, 0.25) is 0 Å². The molecule has 1 aliphatic rings. The molecule has 0 aliphatic carbocycles. The molecule has 0 saturated carbocycles. The molecule has 0 amide bonds. The number of hydrogen-bond donors (Lipinski definition) is 1. The average Bonchev–Trinajstić information content (AvgIpc) is 2.27. The Bertz CT molecular complexity index is 426. The number of aliphatic carboxylic acids is 1. The van der Waals surface area contributed by atoms with Gasteiger partial charge in [0.15, 0.2) is 0 Å². The third-order valence-electron chi connectivity index (χ3n) is 2.37. The maximum atomic E-state index is 11.2. The summed E-state index contributed by atoms with van der Waals surface area (Å²) < 4.78 is 0. The summed E-state index contributed by atoms with van der Waals surface area (Å²) in [6, 6.07) is 5.15. The van der Waals surface area contributed by atoms with Crippen molar-refractivity contribution in [3.63, 3.8) is 0 Å². The van der Waals surface area contributed by atoms with Gasteiger partial charge in [0.05, 0.1) is 0 Å². The second-order valence-electron chi connectivity index (χ2n) is 3.41. The zero-order chi connectivity index (χ0) is 10.8. The number of thioether (sulfide) groups is 1. The van der Waals surface area contributed by atoms with Crippen LogP contribution in [-0.2, 0) is 11.2 Å². The molecule has 0 fully saturated rings. The Balaban J connectivity index is 2.36. The zero-order valence-corrected chi connectivity index (χ0v) is 8.84. The van der Waals surface area contributed by atoms with Crippen LogP contribution in [0.5, 0.6) is 0 Å². The van der Waals surface area contributed by atoms with Crippen LogP contribution in [-0.4, -0.2) is 22.6 Å². The Hall–Kier alpha value is -1.29. The maximum absolute atomic E-state index is 11.2. The van der Waals surface area contributed by atoms with Gasteiger partial charge in [0.25, 0.3) is 5.78 Å². The Kier molecular flexibility index (Phi) is 2.77. The number of hydrogen-bond acceptors (Lipinski definition) is 3. The smallest absolute Gasteiger partial charge is 0.377 e. The van der Waals surface area contributed by atoms with Gasteiger partial charge < -0.3 is 5.11 Å². The van der Waals surface area contributed by atoms with Crippen LogP contribution in [0.4, 0.5) is 0 Å². The first-order valence-corrected chi connectivity index (χ1v) is 5.70.